The van der Waals surface area contributed by atoms with E-state index in [1.54, 1.807) is 12.1 Å². The highest BCUT2D eigenvalue weighted by Crippen LogP contribution is 2.26. The van der Waals surface area contributed by atoms with E-state index in [9.17, 15) is 4.79 Å². The summed E-state index contributed by atoms with van der Waals surface area (Å²) < 4.78 is 0. The van der Waals surface area contributed by atoms with Crippen LogP contribution in [0.3, 0.4) is 0 Å². The Labute approximate surface area is 129 Å². The first-order chi connectivity index (χ1) is 9.52. The Kier molecular flexibility index (Phi) is 5.16. The molecule has 1 fully saturated rings. The molecule has 2 unspecified atom stereocenters. The Hall–Kier alpha value is -0.940. The molecule has 2 atom stereocenters. The summed E-state index contributed by atoms with van der Waals surface area (Å²) in [7, 11) is 0. The van der Waals surface area contributed by atoms with Crippen molar-refractivity contribution in [1.29, 1.82) is 0 Å². The highest BCUT2D eigenvalue weighted by molar-refractivity contribution is 8.00. The maximum atomic E-state index is 12.7. The van der Waals surface area contributed by atoms with E-state index in [-0.39, 0.29) is 11.9 Å². The predicted molar refractivity (Wildman–Crippen MR) is 85.8 cm³/mol. The fourth-order valence-electron chi connectivity index (χ4n) is 2.28. The number of aromatic nitrogens is 1. The Morgan fingerprint density at radius 3 is 3.00 bits per heavy atom. The van der Waals surface area contributed by atoms with Crippen LogP contribution in [0.25, 0.3) is 0 Å². The number of amides is 1. The van der Waals surface area contributed by atoms with E-state index in [0.29, 0.717) is 21.8 Å². The lowest BCUT2D eigenvalue weighted by Crippen LogP contribution is -2.48. The summed E-state index contributed by atoms with van der Waals surface area (Å²) in [6.45, 7) is 7.77. The van der Waals surface area contributed by atoms with Crippen molar-refractivity contribution in [2.75, 3.05) is 24.2 Å². The van der Waals surface area contributed by atoms with Crippen LogP contribution in [0.5, 0.6) is 0 Å². The van der Waals surface area contributed by atoms with E-state index in [4.69, 9.17) is 11.6 Å². The van der Waals surface area contributed by atoms with Gasteiger partial charge in [-0.2, -0.15) is 11.8 Å². The molecule has 0 saturated carbocycles. The number of carbonyl (C=O) groups is 1. The Morgan fingerprint density at radius 2 is 2.30 bits per heavy atom. The number of thioether (sulfide) groups is 1. The second-order valence-corrected chi connectivity index (χ2v) is 6.78. The van der Waals surface area contributed by atoms with Crippen molar-refractivity contribution in [3.05, 3.63) is 22.8 Å². The fourth-order valence-corrected chi connectivity index (χ4v) is 3.59. The van der Waals surface area contributed by atoms with Crippen molar-refractivity contribution >= 4 is 35.1 Å². The molecule has 0 aromatic carbocycles. The van der Waals surface area contributed by atoms with Gasteiger partial charge in [-0.15, -0.1) is 0 Å². The second-order valence-electron chi connectivity index (χ2n) is 4.91. The van der Waals surface area contributed by atoms with Crippen LogP contribution in [0.4, 0.5) is 5.82 Å². The first-order valence-electron chi connectivity index (χ1n) is 6.87. The van der Waals surface area contributed by atoms with E-state index in [1.807, 2.05) is 23.6 Å². The van der Waals surface area contributed by atoms with Gasteiger partial charge in [-0.3, -0.25) is 4.79 Å². The molecule has 1 aliphatic rings. The van der Waals surface area contributed by atoms with E-state index >= 15 is 0 Å². The van der Waals surface area contributed by atoms with E-state index in [2.05, 4.69) is 24.1 Å². The molecule has 2 rings (SSSR count). The molecule has 1 amide bonds. The minimum atomic E-state index is 0.0353. The molecule has 1 aromatic rings. The molecule has 0 spiro atoms. The molecular formula is C14H20ClN3OS. The quantitative estimate of drug-likeness (QED) is 0.871. The average Bonchev–Trinajstić information content (AvgIpc) is 2.41. The molecule has 1 aromatic heterocycles. The van der Waals surface area contributed by atoms with Crippen molar-refractivity contribution in [3.63, 3.8) is 0 Å². The third-order valence-electron chi connectivity index (χ3n) is 3.54. The number of hydrogen-bond acceptors (Lipinski definition) is 4. The van der Waals surface area contributed by atoms with Crippen LogP contribution in [0.2, 0.25) is 5.15 Å². The van der Waals surface area contributed by atoms with Gasteiger partial charge in [0.05, 0.1) is 0 Å². The molecule has 2 heterocycles. The largest absolute Gasteiger partial charge is 0.370 e. The van der Waals surface area contributed by atoms with Crippen LogP contribution in [0.15, 0.2) is 12.1 Å². The first kappa shape index (κ1) is 15.4. The molecule has 1 aliphatic heterocycles. The van der Waals surface area contributed by atoms with Crippen LogP contribution < -0.4 is 5.32 Å². The van der Waals surface area contributed by atoms with Gasteiger partial charge in [0.2, 0.25) is 0 Å². The summed E-state index contributed by atoms with van der Waals surface area (Å²) >= 11 is 7.92. The van der Waals surface area contributed by atoms with Crippen molar-refractivity contribution in [2.45, 2.75) is 32.1 Å². The zero-order valence-electron chi connectivity index (χ0n) is 12.0. The first-order valence-corrected chi connectivity index (χ1v) is 8.29. The molecule has 1 saturated heterocycles. The van der Waals surface area contributed by atoms with E-state index < -0.39 is 0 Å². The number of anilines is 1. The van der Waals surface area contributed by atoms with Crippen LogP contribution >= 0.6 is 23.4 Å². The van der Waals surface area contributed by atoms with Gasteiger partial charge in [0.25, 0.3) is 5.91 Å². The molecule has 0 radical (unpaired) electrons. The van der Waals surface area contributed by atoms with Crippen molar-refractivity contribution in [1.82, 2.24) is 9.88 Å². The lowest BCUT2D eigenvalue weighted by atomic mass is 10.1. The van der Waals surface area contributed by atoms with Crippen LogP contribution in [-0.4, -0.2) is 45.9 Å². The number of nitrogens with one attached hydrogen (secondary N) is 1. The zero-order valence-corrected chi connectivity index (χ0v) is 13.6. The number of nitrogens with zero attached hydrogens (tertiary/aromatic N) is 2. The molecular weight excluding hydrogens is 294 g/mol. The zero-order chi connectivity index (χ0) is 14.7. The van der Waals surface area contributed by atoms with Gasteiger partial charge in [-0.25, -0.2) is 4.98 Å². The van der Waals surface area contributed by atoms with Crippen molar-refractivity contribution in [2.24, 2.45) is 0 Å². The van der Waals surface area contributed by atoms with Gasteiger partial charge in [0, 0.05) is 35.7 Å². The fraction of sp³-hybridized carbons (Fsp3) is 0.571. The maximum absolute atomic E-state index is 12.7. The SMILES string of the molecule is CCNc1cc(C(=O)N2CCSC(C)C2C)cc(Cl)n1. The molecule has 1 N–H and O–H groups in total. The average molecular weight is 314 g/mol. The summed E-state index contributed by atoms with van der Waals surface area (Å²) in [5.74, 6) is 1.67. The smallest absolute Gasteiger partial charge is 0.254 e. The van der Waals surface area contributed by atoms with Crippen LogP contribution in [-0.2, 0) is 0 Å². The van der Waals surface area contributed by atoms with E-state index in [0.717, 1.165) is 18.8 Å². The van der Waals surface area contributed by atoms with Gasteiger partial charge in [0.1, 0.15) is 11.0 Å². The minimum Gasteiger partial charge on any atom is -0.370 e. The van der Waals surface area contributed by atoms with Gasteiger partial charge >= 0.3 is 0 Å². The molecule has 20 heavy (non-hydrogen) atoms. The minimum absolute atomic E-state index is 0.0353. The highest BCUT2D eigenvalue weighted by atomic mass is 35.5. The molecule has 4 nitrogen and oxygen atoms in total. The third-order valence-corrected chi connectivity index (χ3v) is 5.08. The standard InChI is InChI=1S/C14H20ClN3OS/c1-4-16-13-8-11(7-12(15)17-13)14(19)18-5-6-20-10(3)9(18)2/h7-10H,4-6H2,1-3H3,(H,16,17). The Bertz CT molecular complexity index is 497. The molecule has 6 heteroatoms. The predicted octanol–water partition coefficient (Wildman–Crippen LogP) is 3.13. The molecule has 0 aliphatic carbocycles. The van der Waals surface area contributed by atoms with Gasteiger partial charge in [0.15, 0.2) is 0 Å². The summed E-state index contributed by atoms with van der Waals surface area (Å²) in [6, 6.07) is 3.65. The number of halogens is 1. The number of pyridine rings is 1. The van der Waals surface area contributed by atoms with E-state index in [1.165, 1.54) is 0 Å². The highest BCUT2D eigenvalue weighted by Gasteiger charge is 2.29. The van der Waals surface area contributed by atoms with Gasteiger partial charge in [-0.1, -0.05) is 18.5 Å². The lowest BCUT2D eigenvalue weighted by molar-refractivity contribution is 0.0698. The number of carbonyl (C=O) groups excluding carboxylic acids is 1. The number of rotatable bonds is 3. The summed E-state index contributed by atoms with van der Waals surface area (Å²) in [4.78, 5) is 18.8. The number of hydrogen-bond donors (Lipinski definition) is 1. The Morgan fingerprint density at radius 1 is 1.55 bits per heavy atom. The lowest BCUT2D eigenvalue weighted by Gasteiger charge is -2.37. The van der Waals surface area contributed by atoms with Gasteiger partial charge < -0.3 is 10.2 Å². The van der Waals surface area contributed by atoms with Crippen LogP contribution in [0.1, 0.15) is 31.1 Å². The monoisotopic (exact) mass is 313 g/mol. The van der Waals surface area contributed by atoms with Gasteiger partial charge in [-0.05, 0) is 26.0 Å². The molecule has 110 valence electrons. The summed E-state index contributed by atoms with van der Waals surface area (Å²) in [6.07, 6.45) is 0. The maximum Gasteiger partial charge on any atom is 0.254 e. The van der Waals surface area contributed by atoms with Crippen molar-refractivity contribution < 1.29 is 4.79 Å². The third kappa shape index (κ3) is 3.38. The summed E-state index contributed by atoms with van der Waals surface area (Å²) in [5, 5.41) is 3.90. The Balaban J connectivity index is 2.23. The van der Waals surface area contributed by atoms with Crippen LogP contribution in [0, 0.1) is 0 Å². The second kappa shape index (κ2) is 6.68. The van der Waals surface area contributed by atoms with Crippen molar-refractivity contribution in [3.8, 4) is 0 Å². The molecule has 0 bridgehead atoms. The summed E-state index contributed by atoms with van der Waals surface area (Å²) in [5.41, 5.74) is 0.604. The normalized spacial score (nSPS) is 22.7. The topological polar surface area (TPSA) is 45.2 Å².